The van der Waals surface area contributed by atoms with Crippen LogP contribution in [0.2, 0.25) is 0 Å². The Labute approximate surface area is 83.8 Å². The van der Waals surface area contributed by atoms with Gasteiger partial charge in [0.25, 0.3) is 0 Å². The molecule has 0 saturated heterocycles. The van der Waals surface area contributed by atoms with E-state index in [0.717, 1.165) is 11.5 Å². The lowest BCUT2D eigenvalue weighted by molar-refractivity contribution is 1.23. The smallest absolute Gasteiger partial charge is 0.0630 e. The summed E-state index contributed by atoms with van der Waals surface area (Å²) in [6, 6.07) is 10.7. The van der Waals surface area contributed by atoms with Crippen LogP contribution in [0.4, 0.5) is 0 Å². The third-order valence-corrected chi connectivity index (χ3v) is 2.78. The SMILES string of the molecule is Cc1ccc(CSCCC#N)cc1. The maximum Gasteiger partial charge on any atom is 0.0630 e. The molecule has 68 valence electrons. The Morgan fingerprint density at radius 2 is 2.00 bits per heavy atom. The lowest BCUT2D eigenvalue weighted by Crippen LogP contribution is -1.82. The molecule has 13 heavy (non-hydrogen) atoms. The predicted molar refractivity (Wildman–Crippen MR) is 57.6 cm³/mol. The summed E-state index contributed by atoms with van der Waals surface area (Å²) in [6.07, 6.45) is 0.649. The molecular weight excluding hydrogens is 178 g/mol. The van der Waals surface area contributed by atoms with E-state index in [9.17, 15) is 0 Å². The van der Waals surface area contributed by atoms with Gasteiger partial charge in [-0.25, -0.2) is 0 Å². The number of hydrogen-bond donors (Lipinski definition) is 0. The summed E-state index contributed by atoms with van der Waals surface area (Å²) in [5.74, 6) is 1.95. The normalized spacial score (nSPS) is 9.54. The molecule has 0 unspecified atom stereocenters. The van der Waals surface area contributed by atoms with Gasteiger partial charge in [-0.2, -0.15) is 17.0 Å². The molecule has 0 fully saturated rings. The van der Waals surface area contributed by atoms with Crippen LogP contribution in [0.25, 0.3) is 0 Å². The Morgan fingerprint density at radius 1 is 1.31 bits per heavy atom. The summed E-state index contributed by atoms with van der Waals surface area (Å²) in [4.78, 5) is 0. The minimum atomic E-state index is 0.649. The van der Waals surface area contributed by atoms with E-state index in [-0.39, 0.29) is 0 Å². The lowest BCUT2D eigenvalue weighted by Gasteiger charge is -1.99. The van der Waals surface area contributed by atoms with Crippen LogP contribution in [0, 0.1) is 18.3 Å². The molecule has 0 bridgehead atoms. The van der Waals surface area contributed by atoms with E-state index in [1.54, 1.807) is 0 Å². The van der Waals surface area contributed by atoms with Crippen molar-refractivity contribution in [2.45, 2.75) is 19.1 Å². The molecule has 0 spiro atoms. The van der Waals surface area contributed by atoms with Gasteiger partial charge in [-0.3, -0.25) is 0 Å². The molecule has 0 aliphatic heterocycles. The molecule has 0 N–H and O–H groups in total. The molecule has 0 aliphatic rings. The molecule has 1 rings (SSSR count). The Kier molecular flexibility index (Phi) is 4.42. The molecule has 0 heterocycles. The summed E-state index contributed by atoms with van der Waals surface area (Å²) in [5.41, 5.74) is 2.64. The highest BCUT2D eigenvalue weighted by molar-refractivity contribution is 7.98. The predicted octanol–water partition coefficient (Wildman–Crippen LogP) is 3.14. The lowest BCUT2D eigenvalue weighted by atomic mass is 10.2. The zero-order valence-electron chi connectivity index (χ0n) is 7.79. The van der Waals surface area contributed by atoms with Crippen molar-refractivity contribution in [3.63, 3.8) is 0 Å². The number of aryl methyl sites for hydroxylation is 1. The van der Waals surface area contributed by atoms with Crippen LogP contribution in [-0.2, 0) is 5.75 Å². The summed E-state index contributed by atoms with van der Waals surface area (Å²) >= 11 is 1.81. The first kappa shape index (κ1) is 10.1. The largest absolute Gasteiger partial charge is 0.198 e. The van der Waals surface area contributed by atoms with Crippen LogP contribution < -0.4 is 0 Å². The monoisotopic (exact) mass is 191 g/mol. The van der Waals surface area contributed by atoms with Crippen molar-refractivity contribution >= 4 is 11.8 Å². The van der Waals surface area contributed by atoms with Crippen molar-refractivity contribution in [1.29, 1.82) is 5.26 Å². The minimum Gasteiger partial charge on any atom is -0.198 e. The third kappa shape index (κ3) is 4.00. The van der Waals surface area contributed by atoms with Gasteiger partial charge in [0.15, 0.2) is 0 Å². The first-order chi connectivity index (χ1) is 6.33. The van der Waals surface area contributed by atoms with E-state index < -0.39 is 0 Å². The van der Waals surface area contributed by atoms with Crippen LogP contribution >= 0.6 is 11.8 Å². The topological polar surface area (TPSA) is 23.8 Å². The van der Waals surface area contributed by atoms with Gasteiger partial charge in [0.1, 0.15) is 0 Å². The van der Waals surface area contributed by atoms with Crippen molar-refractivity contribution < 1.29 is 0 Å². The average molecular weight is 191 g/mol. The molecule has 0 saturated carbocycles. The molecule has 0 aliphatic carbocycles. The maximum atomic E-state index is 8.34. The molecule has 1 aromatic carbocycles. The van der Waals surface area contributed by atoms with Gasteiger partial charge in [-0.15, -0.1) is 0 Å². The van der Waals surface area contributed by atoms with Crippen molar-refractivity contribution in [2.75, 3.05) is 5.75 Å². The van der Waals surface area contributed by atoms with Gasteiger partial charge in [0.05, 0.1) is 6.07 Å². The van der Waals surface area contributed by atoms with E-state index in [4.69, 9.17) is 5.26 Å². The summed E-state index contributed by atoms with van der Waals surface area (Å²) in [5, 5.41) is 8.34. The fraction of sp³-hybridized carbons (Fsp3) is 0.364. The first-order valence-electron chi connectivity index (χ1n) is 4.33. The highest BCUT2D eigenvalue weighted by Crippen LogP contribution is 2.13. The molecule has 0 aromatic heterocycles. The number of nitriles is 1. The van der Waals surface area contributed by atoms with Crippen molar-refractivity contribution in [3.05, 3.63) is 35.4 Å². The average Bonchev–Trinajstić information content (AvgIpc) is 2.15. The van der Waals surface area contributed by atoms with Gasteiger partial charge in [-0.1, -0.05) is 29.8 Å². The Hall–Kier alpha value is -0.940. The molecular formula is C11H13NS. The fourth-order valence-electron chi connectivity index (χ4n) is 0.992. The minimum absolute atomic E-state index is 0.649. The second-order valence-electron chi connectivity index (χ2n) is 2.95. The Morgan fingerprint density at radius 3 is 2.62 bits per heavy atom. The highest BCUT2D eigenvalue weighted by Gasteiger charge is 1.92. The van der Waals surface area contributed by atoms with Gasteiger partial charge in [-0.05, 0) is 12.5 Å². The van der Waals surface area contributed by atoms with Crippen LogP contribution in [0.5, 0.6) is 0 Å². The summed E-state index contributed by atoms with van der Waals surface area (Å²) in [6.45, 7) is 2.09. The van der Waals surface area contributed by atoms with Crippen LogP contribution in [-0.4, -0.2) is 5.75 Å². The zero-order valence-corrected chi connectivity index (χ0v) is 8.60. The molecule has 1 nitrogen and oxygen atoms in total. The number of hydrogen-bond acceptors (Lipinski definition) is 2. The second kappa shape index (κ2) is 5.66. The Balaban J connectivity index is 2.30. The summed E-state index contributed by atoms with van der Waals surface area (Å²) in [7, 11) is 0. The van der Waals surface area contributed by atoms with Gasteiger partial charge < -0.3 is 0 Å². The fourth-order valence-corrected chi connectivity index (χ4v) is 1.80. The number of rotatable bonds is 4. The quantitative estimate of drug-likeness (QED) is 0.683. The molecule has 0 radical (unpaired) electrons. The van der Waals surface area contributed by atoms with Crippen molar-refractivity contribution in [1.82, 2.24) is 0 Å². The van der Waals surface area contributed by atoms with E-state index >= 15 is 0 Å². The van der Waals surface area contributed by atoms with Crippen LogP contribution in [0.15, 0.2) is 24.3 Å². The Bertz CT molecular complexity index is 284. The van der Waals surface area contributed by atoms with E-state index in [1.165, 1.54) is 11.1 Å². The van der Waals surface area contributed by atoms with Gasteiger partial charge in [0.2, 0.25) is 0 Å². The molecule has 0 amide bonds. The number of nitrogens with zero attached hydrogens (tertiary/aromatic N) is 1. The van der Waals surface area contributed by atoms with E-state index in [0.29, 0.717) is 6.42 Å². The van der Waals surface area contributed by atoms with Gasteiger partial charge in [0, 0.05) is 17.9 Å². The first-order valence-corrected chi connectivity index (χ1v) is 5.48. The standard InChI is InChI=1S/C11H13NS/c1-10-3-5-11(6-4-10)9-13-8-2-7-12/h3-6H,2,8-9H2,1H3. The number of benzene rings is 1. The number of thioether (sulfide) groups is 1. The molecule has 2 heteroatoms. The van der Waals surface area contributed by atoms with E-state index in [2.05, 4.69) is 37.3 Å². The summed E-state index contributed by atoms with van der Waals surface area (Å²) < 4.78 is 0. The maximum absolute atomic E-state index is 8.34. The zero-order chi connectivity index (χ0) is 9.52. The van der Waals surface area contributed by atoms with Crippen LogP contribution in [0.1, 0.15) is 17.5 Å². The molecule has 0 atom stereocenters. The van der Waals surface area contributed by atoms with E-state index in [1.807, 2.05) is 11.8 Å². The second-order valence-corrected chi connectivity index (χ2v) is 4.05. The van der Waals surface area contributed by atoms with Gasteiger partial charge >= 0.3 is 0 Å². The molecule has 1 aromatic rings. The highest BCUT2D eigenvalue weighted by atomic mass is 32.2. The van der Waals surface area contributed by atoms with Crippen LogP contribution in [0.3, 0.4) is 0 Å². The van der Waals surface area contributed by atoms with Crippen molar-refractivity contribution in [2.24, 2.45) is 0 Å². The van der Waals surface area contributed by atoms with Crippen molar-refractivity contribution in [3.8, 4) is 6.07 Å². The third-order valence-electron chi connectivity index (χ3n) is 1.75.